The number of likely N-dealkylation sites (tertiary alicyclic amines) is 1. The van der Waals surface area contributed by atoms with Crippen molar-refractivity contribution in [3.8, 4) is 0 Å². The minimum Gasteiger partial charge on any atom is -0.462 e. The van der Waals surface area contributed by atoms with Gasteiger partial charge in [-0.1, -0.05) is 67.8 Å². The smallest absolute Gasteiger partial charge is 0.330 e. The summed E-state index contributed by atoms with van der Waals surface area (Å²) in [5.74, 6) is -1.67. The van der Waals surface area contributed by atoms with E-state index in [1.807, 2.05) is 48.5 Å². The molecule has 2 aromatic rings. The quantitative estimate of drug-likeness (QED) is 0.524. The van der Waals surface area contributed by atoms with Crippen molar-refractivity contribution in [1.29, 1.82) is 0 Å². The molecule has 34 heavy (non-hydrogen) atoms. The lowest BCUT2D eigenvalue weighted by Crippen LogP contribution is -2.51. The highest BCUT2D eigenvalue weighted by Gasteiger charge is 2.71. The Bertz CT molecular complexity index is 1100. The fourth-order valence-electron chi connectivity index (χ4n) is 5.16. The number of anilines is 1. The highest BCUT2D eigenvalue weighted by molar-refractivity contribution is 6.48. The maximum Gasteiger partial charge on any atom is 0.330 e. The van der Waals surface area contributed by atoms with E-state index in [4.69, 9.17) is 9.47 Å². The lowest BCUT2D eigenvalue weighted by atomic mass is 9.80. The molecule has 2 heterocycles. The van der Waals surface area contributed by atoms with Crippen LogP contribution in [0.15, 0.2) is 65.8 Å². The molecule has 1 amide bonds. The first-order valence-electron chi connectivity index (χ1n) is 11.7. The summed E-state index contributed by atoms with van der Waals surface area (Å²) in [4.78, 5) is 41.8. The van der Waals surface area contributed by atoms with Crippen LogP contribution < -0.4 is 5.43 Å². The number of nitrogens with one attached hydrogen (secondary N) is 1. The number of fused-ring (bicyclic) bond motifs is 1. The zero-order valence-corrected chi connectivity index (χ0v) is 18.8. The summed E-state index contributed by atoms with van der Waals surface area (Å²) in [6.07, 6.45) is 4.59. The van der Waals surface area contributed by atoms with Gasteiger partial charge >= 0.3 is 11.9 Å². The zero-order chi connectivity index (χ0) is 23.5. The molecule has 1 aliphatic carbocycles. The second-order valence-corrected chi connectivity index (χ2v) is 8.99. The van der Waals surface area contributed by atoms with Crippen LogP contribution >= 0.6 is 0 Å². The molecule has 0 unspecified atom stereocenters. The molecule has 2 aliphatic heterocycles. The molecule has 1 N–H and O–H groups in total. The van der Waals surface area contributed by atoms with Crippen LogP contribution in [0.2, 0.25) is 0 Å². The average molecular weight is 462 g/mol. The van der Waals surface area contributed by atoms with E-state index >= 15 is 0 Å². The van der Waals surface area contributed by atoms with E-state index in [2.05, 4.69) is 10.5 Å². The van der Waals surface area contributed by atoms with Gasteiger partial charge in [-0.3, -0.25) is 15.0 Å². The van der Waals surface area contributed by atoms with Crippen molar-refractivity contribution < 1.29 is 23.9 Å². The Morgan fingerprint density at radius 2 is 1.71 bits per heavy atom. The SMILES string of the molecule is O=C1OC[C@]2(C(=O)OCc3ccccc3)/C(=N\Nc3ccccc3)C(=O)N(C3CCCCC3)[C@H]12. The Labute approximate surface area is 197 Å². The van der Waals surface area contributed by atoms with E-state index in [0.717, 1.165) is 37.7 Å². The van der Waals surface area contributed by atoms with Crippen LogP contribution in [0.5, 0.6) is 0 Å². The summed E-state index contributed by atoms with van der Waals surface area (Å²) in [5, 5.41) is 4.39. The normalized spacial score (nSPS) is 25.8. The van der Waals surface area contributed by atoms with Gasteiger partial charge in [0.05, 0.1) is 5.69 Å². The minimum absolute atomic E-state index is 0.0271. The lowest BCUT2D eigenvalue weighted by molar-refractivity contribution is -0.155. The molecule has 0 spiro atoms. The van der Waals surface area contributed by atoms with Crippen LogP contribution in [0.25, 0.3) is 0 Å². The van der Waals surface area contributed by atoms with Gasteiger partial charge in [0, 0.05) is 6.04 Å². The van der Waals surface area contributed by atoms with E-state index in [1.54, 1.807) is 17.0 Å². The molecule has 2 atom stereocenters. The first-order chi connectivity index (χ1) is 16.6. The van der Waals surface area contributed by atoms with Gasteiger partial charge in [-0.15, -0.1) is 0 Å². The second-order valence-electron chi connectivity index (χ2n) is 8.99. The predicted molar refractivity (Wildman–Crippen MR) is 125 cm³/mol. The summed E-state index contributed by atoms with van der Waals surface area (Å²) in [5.41, 5.74) is 2.72. The molecule has 0 bridgehead atoms. The molecule has 0 aromatic heterocycles. The van der Waals surface area contributed by atoms with Crippen molar-refractivity contribution >= 4 is 29.2 Å². The Balaban J connectivity index is 1.51. The molecule has 1 saturated carbocycles. The number of rotatable bonds is 6. The molecular formula is C26H27N3O5. The van der Waals surface area contributed by atoms with Crippen molar-refractivity contribution in [2.45, 2.75) is 50.8 Å². The van der Waals surface area contributed by atoms with Crippen molar-refractivity contribution in [3.05, 3.63) is 66.2 Å². The Kier molecular flexibility index (Phi) is 6.04. The van der Waals surface area contributed by atoms with Gasteiger partial charge in [0.1, 0.15) is 18.9 Å². The number of nitrogens with zero attached hydrogens (tertiary/aromatic N) is 2. The van der Waals surface area contributed by atoms with Crippen LogP contribution in [-0.4, -0.2) is 47.1 Å². The van der Waals surface area contributed by atoms with Crippen molar-refractivity contribution in [1.82, 2.24) is 4.90 Å². The number of hydrogen-bond acceptors (Lipinski definition) is 7. The van der Waals surface area contributed by atoms with Gasteiger partial charge in [-0.2, -0.15) is 5.10 Å². The van der Waals surface area contributed by atoms with Gasteiger partial charge in [0.25, 0.3) is 5.91 Å². The number of amides is 1. The molecule has 0 radical (unpaired) electrons. The van der Waals surface area contributed by atoms with E-state index in [-0.39, 0.29) is 25.0 Å². The molecule has 176 valence electrons. The molecular weight excluding hydrogens is 434 g/mol. The van der Waals surface area contributed by atoms with Gasteiger partial charge in [-0.25, -0.2) is 4.79 Å². The number of esters is 2. The highest BCUT2D eigenvalue weighted by Crippen LogP contribution is 2.45. The van der Waals surface area contributed by atoms with E-state index < -0.39 is 29.3 Å². The van der Waals surface area contributed by atoms with E-state index in [9.17, 15) is 14.4 Å². The minimum atomic E-state index is -1.61. The number of carbonyl (C=O) groups is 3. The maximum atomic E-state index is 13.7. The van der Waals surface area contributed by atoms with Crippen LogP contribution in [0.4, 0.5) is 5.69 Å². The van der Waals surface area contributed by atoms with Gasteiger partial charge in [-0.05, 0) is 30.5 Å². The van der Waals surface area contributed by atoms with Crippen LogP contribution in [0.1, 0.15) is 37.7 Å². The fourth-order valence-corrected chi connectivity index (χ4v) is 5.16. The van der Waals surface area contributed by atoms with Gasteiger partial charge < -0.3 is 14.4 Å². The lowest BCUT2D eigenvalue weighted by Gasteiger charge is -2.34. The average Bonchev–Trinajstić information content (AvgIpc) is 3.35. The first kappa shape index (κ1) is 22.1. The summed E-state index contributed by atoms with van der Waals surface area (Å²) in [7, 11) is 0. The van der Waals surface area contributed by atoms with E-state index in [0.29, 0.717) is 5.69 Å². The number of cyclic esters (lactones) is 1. The van der Waals surface area contributed by atoms with Crippen molar-refractivity contribution in [2.24, 2.45) is 10.5 Å². The third-order valence-electron chi connectivity index (χ3n) is 6.89. The fraction of sp³-hybridized carbons (Fsp3) is 0.385. The third-order valence-corrected chi connectivity index (χ3v) is 6.89. The molecule has 2 saturated heterocycles. The van der Waals surface area contributed by atoms with Crippen molar-refractivity contribution in [3.63, 3.8) is 0 Å². The summed E-state index contributed by atoms with van der Waals surface area (Å²) in [6, 6.07) is 17.2. The third kappa shape index (κ3) is 3.83. The van der Waals surface area contributed by atoms with Crippen molar-refractivity contribution in [2.75, 3.05) is 12.0 Å². The van der Waals surface area contributed by atoms with E-state index in [1.165, 1.54) is 0 Å². The molecule has 3 aliphatic rings. The highest BCUT2D eigenvalue weighted by atomic mass is 16.6. The molecule has 8 nitrogen and oxygen atoms in total. The number of hydrogen-bond donors (Lipinski definition) is 1. The molecule has 5 rings (SSSR count). The number of para-hydroxylation sites is 1. The number of hydrazone groups is 1. The van der Waals surface area contributed by atoms with Crippen LogP contribution in [0, 0.1) is 5.41 Å². The monoisotopic (exact) mass is 461 g/mol. The number of carbonyl (C=O) groups excluding carboxylic acids is 3. The first-order valence-corrected chi connectivity index (χ1v) is 11.7. The van der Waals surface area contributed by atoms with Gasteiger partial charge in [0.15, 0.2) is 11.5 Å². The Hall–Kier alpha value is -3.68. The summed E-state index contributed by atoms with van der Waals surface area (Å²) < 4.78 is 11.1. The van der Waals surface area contributed by atoms with Gasteiger partial charge in [0.2, 0.25) is 0 Å². The number of ether oxygens (including phenoxy) is 2. The van der Waals surface area contributed by atoms with Crippen LogP contribution in [0.3, 0.4) is 0 Å². The second kappa shape index (κ2) is 9.29. The molecule has 8 heteroatoms. The molecule has 2 aromatic carbocycles. The summed E-state index contributed by atoms with van der Waals surface area (Å²) in [6.45, 7) is -0.242. The zero-order valence-electron chi connectivity index (χ0n) is 18.8. The van der Waals surface area contributed by atoms with Crippen LogP contribution in [-0.2, 0) is 30.5 Å². The molecule has 3 fully saturated rings. The topological polar surface area (TPSA) is 97.3 Å². The number of benzene rings is 2. The predicted octanol–water partition coefficient (Wildman–Crippen LogP) is 3.28. The Morgan fingerprint density at radius 1 is 1.03 bits per heavy atom. The Morgan fingerprint density at radius 3 is 2.41 bits per heavy atom. The summed E-state index contributed by atoms with van der Waals surface area (Å²) >= 11 is 0. The maximum absolute atomic E-state index is 13.7. The largest absolute Gasteiger partial charge is 0.462 e. The standard InChI is InChI=1S/C26H27N3O5/c30-23-21(28-27-19-12-6-2-7-13-19)26(25(32)33-16-18-10-4-1-5-11-18)17-34-24(31)22(26)29(23)20-14-8-3-9-15-20/h1-2,4-7,10-13,20,22,27H,3,8-9,14-17H2/b28-21-/t22-,26+/m1/s1.